The van der Waals surface area contributed by atoms with Gasteiger partial charge in [-0.1, -0.05) is 0 Å². The summed E-state index contributed by atoms with van der Waals surface area (Å²) in [6.45, 7) is 3.34. The Bertz CT molecular complexity index is 1170. The van der Waals surface area contributed by atoms with Crippen LogP contribution in [0.2, 0.25) is 0 Å². The molecular weight excluding hydrogens is 392 g/mol. The zero-order chi connectivity index (χ0) is 20.6. The molecule has 160 valence electrons. The van der Waals surface area contributed by atoms with Gasteiger partial charge in [-0.25, -0.2) is 9.50 Å². The van der Waals surface area contributed by atoms with Gasteiger partial charge in [0.2, 0.25) is 0 Å². The zero-order valence-electron chi connectivity index (χ0n) is 17.4. The van der Waals surface area contributed by atoms with Crippen LogP contribution in [0.4, 0.5) is 0 Å². The second-order valence-corrected chi connectivity index (χ2v) is 8.59. The summed E-state index contributed by atoms with van der Waals surface area (Å²) in [6.07, 6.45) is 13.8. The van der Waals surface area contributed by atoms with E-state index in [1.165, 1.54) is 11.1 Å². The van der Waals surface area contributed by atoms with Crippen LogP contribution in [0.5, 0.6) is 0 Å². The van der Waals surface area contributed by atoms with Crippen molar-refractivity contribution in [3.8, 4) is 11.3 Å². The van der Waals surface area contributed by atoms with Gasteiger partial charge in [-0.3, -0.25) is 4.68 Å². The highest BCUT2D eigenvalue weighted by Crippen LogP contribution is 2.35. The van der Waals surface area contributed by atoms with Crippen LogP contribution in [0.3, 0.4) is 0 Å². The Morgan fingerprint density at radius 1 is 1.16 bits per heavy atom. The maximum Gasteiger partial charge on any atom is 0.137 e. The average molecular weight is 419 g/mol. The van der Waals surface area contributed by atoms with Crippen LogP contribution in [0.15, 0.2) is 47.7 Å². The molecule has 1 unspecified atom stereocenters. The first-order chi connectivity index (χ1) is 15.3. The lowest BCUT2D eigenvalue weighted by Crippen LogP contribution is -2.29. The molecule has 1 atom stereocenters. The van der Waals surface area contributed by atoms with E-state index in [1.54, 1.807) is 12.6 Å². The van der Waals surface area contributed by atoms with Crippen molar-refractivity contribution in [3.63, 3.8) is 0 Å². The number of hydrogen-bond acceptors (Lipinski definition) is 6. The van der Waals surface area contributed by atoms with Gasteiger partial charge in [0.15, 0.2) is 0 Å². The molecule has 8 heteroatoms. The van der Waals surface area contributed by atoms with Crippen molar-refractivity contribution >= 4 is 5.52 Å². The minimum absolute atomic E-state index is 0.459. The van der Waals surface area contributed by atoms with E-state index in [1.807, 2.05) is 22.8 Å². The fraction of sp³-hybridized carbons (Fsp3) is 0.435. The van der Waals surface area contributed by atoms with Crippen LogP contribution < -0.4 is 5.32 Å². The molecule has 1 aliphatic heterocycles. The lowest BCUT2D eigenvalue weighted by molar-refractivity contribution is 0.0780. The number of aromatic nitrogens is 5. The molecule has 1 saturated heterocycles. The van der Waals surface area contributed by atoms with Crippen molar-refractivity contribution in [2.45, 2.75) is 38.3 Å². The molecule has 0 bridgehead atoms. The normalized spacial score (nSPS) is 19.3. The van der Waals surface area contributed by atoms with E-state index in [2.05, 4.69) is 37.6 Å². The summed E-state index contributed by atoms with van der Waals surface area (Å²) in [5.41, 5.74) is 5.82. The van der Waals surface area contributed by atoms with E-state index in [9.17, 15) is 0 Å². The number of hydrogen-bond donors (Lipinski definition) is 1. The van der Waals surface area contributed by atoms with Crippen molar-refractivity contribution < 1.29 is 9.15 Å². The summed E-state index contributed by atoms with van der Waals surface area (Å²) in [7, 11) is 0. The summed E-state index contributed by atoms with van der Waals surface area (Å²) >= 11 is 0. The van der Waals surface area contributed by atoms with Gasteiger partial charge in [-0.15, -0.1) is 0 Å². The number of piperidine rings is 1. The molecule has 2 aliphatic rings. The molecule has 4 aromatic rings. The Balaban J connectivity index is 1.23. The standard InChI is InChI=1S/C23H26N6O2/c1-2-20(31-7-1)14-30-13-16-8-17-11-29-23(21(17)9-16)22(25-15-27-29)18-10-26-28(12-18)19-3-5-24-6-4-19/h1-2,7,10-12,15-16,19,24H,3-6,8-9,13-14H2. The van der Waals surface area contributed by atoms with Crippen LogP contribution in [0, 0.1) is 5.92 Å². The third-order valence-corrected chi connectivity index (χ3v) is 6.50. The minimum atomic E-state index is 0.459. The molecule has 31 heavy (non-hydrogen) atoms. The molecule has 6 rings (SSSR count). The van der Waals surface area contributed by atoms with Crippen LogP contribution >= 0.6 is 0 Å². The SMILES string of the molecule is c1coc(COCC2Cc3cn4ncnc(-c5cnn(C6CCNCC6)c5)c4c3C2)c1. The van der Waals surface area contributed by atoms with Gasteiger partial charge < -0.3 is 14.5 Å². The third kappa shape index (κ3) is 3.55. The Morgan fingerprint density at radius 2 is 2.10 bits per heavy atom. The molecule has 0 aromatic carbocycles. The molecule has 1 N–H and O–H groups in total. The van der Waals surface area contributed by atoms with Gasteiger partial charge in [0.1, 0.15) is 24.4 Å². The third-order valence-electron chi connectivity index (χ3n) is 6.50. The van der Waals surface area contributed by atoms with Gasteiger partial charge in [0.25, 0.3) is 0 Å². The number of nitrogens with zero attached hydrogens (tertiary/aromatic N) is 5. The number of fused-ring (bicyclic) bond motifs is 3. The van der Waals surface area contributed by atoms with Gasteiger partial charge in [0.05, 0.1) is 30.6 Å². The average Bonchev–Trinajstić information content (AvgIpc) is 3.58. The minimum Gasteiger partial charge on any atom is -0.467 e. The second-order valence-electron chi connectivity index (χ2n) is 8.59. The molecule has 0 spiro atoms. The number of nitrogens with one attached hydrogen (secondary N) is 1. The van der Waals surface area contributed by atoms with Crippen molar-refractivity contribution in [3.05, 3.63) is 60.2 Å². The Labute approximate surface area is 180 Å². The molecule has 1 fully saturated rings. The van der Waals surface area contributed by atoms with E-state index in [0.717, 1.165) is 67.9 Å². The molecule has 5 heterocycles. The monoisotopic (exact) mass is 418 g/mol. The smallest absolute Gasteiger partial charge is 0.137 e. The number of rotatable bonds is 6. The summed E-state index contributed by atoms with van der Waals surface area (Å²) in [6, 6.07) is 4.30. The molecular formula is C23H26N6O2. The Hall–Kier alpha value is -2.97. The Morgan fingerprint density at radius 3 is 2.97 bits per heavy atom. The van der Waals surface area contributed by atoms with E-state index >= 15 is 0 Å². The fourth-order valence-corrected chi connectivity index (χ4v) is 4.98. The molecule has 4 aromatic heterocycles. The quantitative estimate of drug-likeness (QED) is 0.518. The molecule has 1 aliphatic carbocycles. The van der Waals surface area contributed by atoms with Crippen molar-refractivity contribution in [2.24, 2.45) is 5.92 Å². The van der Waals surface area contributed by atoms with Crippen molar-refractivity contribution in [2.75, 3.05) is 19.7 Å². The van der Waals surface area contributed by atoms with Gasteiger partial charge in [0, 0.05) is 18.0 Å². The van der Waals surface area contributed by atoms with Crippen LogP contribution in [0.25, 0.3) is 16.8 Å². The second kappa shape index (κ2) is 7.94. The summed E-state index contributed by atoms with van der Waals surface area (Å²) in [5, 5.41) is 12.6. The van der Waals surface area contributed by atoms with Gasteiger partial charge >= 0.3 is 0 Å². The van der Waals surface area contributed by atoms with Crippen molar-refractivity contribution in [1.82, 2.24) is 29.7 Å². The zero-order valence-corrected chi connectivity index (χ0v) is 17.4. The predicted molar refractivity (Wildman–Crippen MR) is 115 cm³/mol. The maximum atomic E-state index is 5.91. The molecule has 8 nitrogen and oxygen atoms in total. The van der Waals surface area contributed by atoms with Gasteiger partial charge in [-0.05, 0) is 68.0 Å². The van der Waals surface area contributed by atoms with E-state index < -0.39 is 0 Å². The lowest BCUT2D eigenvalue weighted by Gasteiger charge is -2.22. The Kier molecular flexibility index (Phi) is 4.81. The number of furan rings is 1. The maximum absolute atomic E-state index is 5.91. The van der Waals surface area contributed by atoms with E-state index in [-0.39, 0.29) is 0 Å². The van der Waals surface area contributed by atoms with Crippen molar-refractivity contribution in [1.29, 1.82) is 0 Å². The van der Waals surface area contributed by atoms with E-state index in [4.69, 9.17) is 9.15 Å². The first-order valence-electron chi connectivity index (χ1n) is 11.0. The largest absolute Gasteiger partial charge is 0.467 e. The predicted octanol–water partition coefficient (Wildman–Crippen LogP) is 3.04. The first kappa shape index (κ1) is 18.8. The highest BCUT2D eigenvalue weighted by atomic mass is 16.5. The lowest BCUT2D eigenvalue weighted by atomic mass is 10.1. The molecule has 0 radical (unpaired) electrons. The summed E-state index contributed by atoms with van der Waals surface area (Å²) in [4.78, 5) is 4.67. The van der Waals surface area contributed by atoms with Crippen LogP contribution in [-0.2, 0) is 24.2 Å². The fourth-order valence-electron chi connectivity index (χ4n) is 4.98. The number of ether oxygens (including phenoxy) is 1. The van der Waals surface area contributed by atoms with E-state index in [0.29, 0.717) is 18.6 Å². The molecule has 0 saturated carbocycles. The summed E-state index contributed by atoms with van der Waals surface area (Å²) in [5.74, 6) is 1.34. The van der Waals surface area contributed by atoms with Crippen LogP contribution in [0.1, 0.15) is 35.8 Å². The first-order valence-corrected chi connectivity index (χ1v) is 11.0. The highest BCUT2D eigenvalue weighted by molar-refractivity contribution is 5.80. The van der Waals surface area contributed by atoms with Crippen LogP contribution in [-0.4, -0.2) is 44.1 Å². The topological polar surface area (TPSA) is 82.4 Å². The molecule has 0 amide bonds. The summed E-state index contributed by atoms with van der Waals surface area (Å²) < 4.78 is 15.4. The highest BCUT2D eigenvalue weighted by Gasteiger charge is 2.28. The van der Waals surface area contributed by atoms with Gasteiger partial charge in [-0.2, -0.15) is 10.2 Å².